The lowest BCUT2D eigenvalue weighted by molar-refractivity contribution is -0.137. The van der Waals surface area contributed by atoms with Crippen molar-refractivity contribution in [3.05, 3.63) is 102 Å². The Labute approximate surface area is 198 Å². The summed E-state index contributed by atoms with van der Waals surface area (Å²) in [6, 6.07) is 20.6. The van der Waals surface area contributed by atoms with Crippen LogP contribution < -0.4 is 10.1 Å². The highest BCUT2D eigenvalue weighted by molar-refractivity contribution is 6.00. The monoisotopic (exact) mass is 475 g/mol. The first kappa shape index (κ1) is 22.5. The van der Waals surface area contributed by atoms with Crippen molar-refractivity contribution in [2.75, 3.05) is 0 Å². The van der Waals surface area contributed by atoms with Gasteiger partial charge in [0.05, 0.1) is 23.3 Å². The number of aromatic amines is 1. The molecule has 0 aliphatic carbocycles. The van der Waals surface area contributed by atoms with Gasteiger partial charge in [0, 0.05) is 16.3 Å². The molecule has 0 saturated carbocycles. The number of nitrogens with zero attached hydrogens (tertiary/aromatic N) is 1. The molecule has 2 N–H and O–H groups in total. The number of hydrogen-bond acceptors (Lipinski definition) is 3. The van der Waals surface area contributed by atoms with Crippen LogP contribution in [0.5, 0.6) is 11.5 Å². The van der Waals surface area contributed by atoms with Gasteiger partial charge in [0.2, 0.25) is 0 Å². The van der Waals surface area contributed by atoms with E-state index < -0.39 is 11.7 Å². The molecule has 0 radical (unpaired) electrons. The van der Waals surface area contributed by atoms with Crippen molar-refractivity contribution >= 4 is 27.6 Å². The van der Waals surface area contributed by atoms with Gasteiger partial charge in [-0.05, 0) is 66.4 Å². The number of benzene rings is 4. The van der Waals surface area contributed by atoms with Gasteiger partial charge < -0.3 is 10.1 Å². The number of fused-ring (bicyclic) bond motifs is 2. The van der Waals surface area contributed by atoms with E-state index in [0.29, 0.717) is 11.3 Å². The molecular formula is C27H20F3N3O2. The summed E-state index contributed by atoms with van der Waals surface area (Å²) in [4.78, 5) is 13.0. The number of para-hydroxylation sites is 1. The molecule has 0 saturated heterocycles. The summed E-state index contributed by atoms with van der Waals surface area (Å²) < 4.78 is 44.3. The minimum absolute atomic E-state index is 0.232. The number of nitrogens with one attached hydrogen (secondary N) is 2. The number of alkyl halides is 3. The predicted octanol–water partition coefficient (Wildman–Crippen LogP) is 7.02. The SMILES string of the molecule is C[C@@H](NC(=O)c1ccc2c(Oc3ccc(C(F)(F)F)cc3)cccc2c1)c1cccc2cn[nH]c12. The summed E-state index contributed by atoms with van der Waals surface area (Å²) in [6.45, 7) is 1.91. The van der Waals surface area contributed by atoms with Gasteiger partial charge in [-0.2, -0.15) is 18.3 Å². The van der Waals surface area contributed by atoms with E-state index in [1.165, 1.54) is 12.1 Å². The molecule has 4 aromatic carbocycles. The number of amides is 1. The van der Waals surface area contributed by atoms with E-state index in [1.54, 1.807) is 36.5 Å². The molecular weight excluding hydrogens is 455 g/mol. The second-order valence-electron chi connectivity index (χ2n) is 8.19. The van der Waals surface area contributed by atoms with Gasteiger partial charge in [-0.25, -0.2) is 0 Å². The Morgan fingerprint density at radius 3 is 2.49 bits per heavy atom. The van der Waals surface area contributed by atoms with Gasteiger partial charge >= 0.3 is 6.18 Å². The third-order valence-electron chi connectivity index (χ3n) is 5.84. The molecule has 5 rings (SSSR count). The maximum atomic E-state index is 13.0. The van der Waals surface area contributed by atoms with Crippen LogP contribution in [0.15, 0.2) is 85.1 Å². The maximum Gasteiger partial charge on any atom is 0.416 e. The second kappa shape index (κ2) is 8.79. The lowest BCUT2D eigenvalue weighted by Gasteiger charge is -2.16. The van der Waals surface area contributed by atoms with E-state index in [9.17, 15) is 18.0 Å². The quantitative estimate of drug-likeness (QED) is 0.287. The van der Waals surface area contributed by atoms with Crippen molar-refractivity contribution in [1.82, 2.24) is 15.5 Å². The number of carbonyl (C=O) groups excluding carboxylic acids is 1. The first-order valence-electron chi connectivity index (χ1n) is 10.9. The van der Waals surface area contributed by atoms with E-state index in [4.69, 9.17) is 4.74 Å². The van der Waals surface area contributed by atoms with Crippen molar-refractivity contribution in [1.29, 1.82) is 0 Å². The van der Waals surface area contributed by atoms with E-state index in [2.05, 4.69) is 15.5 Å². The molecule has 1 atom stereocenters. The predicted molar refractivity (Wildman–Crippen MR) is 127 cm³/mol. The van der Waals surface area contributed by atoms with E-state index in [0.717, 1.165) is 39.4 Å². The lowest BCUT2D eigenvalue weighted by atomic mass is 10.0. The Morgan fingerprint density at radius 2 is 1.71 bits per heavy atom. The Kier molecular flexibility index (Phi) is 5.64. The van der Waals surface area contributed by atoms with Gasteiger partial charge in [0.25, 0.3) is 5.91 Å². The molecule has 0 fully saturated rings. The van der Waals surface area contributed by atoms with Crippen molar-refractivity contribution in [2.45, 2.75) is 19.1 Å². The van der Waals surface area contributed by atoms with E-state index in [1.807, 2.05) is 31.2 Å². The van der Waals surface area contributed by atoms with Crippen molar-refractivity contribution < 1.29 is 22.7 Å². The van der Waals surface area contributed by atoms with E-state index >= 15 is 0 Å². The highest BCUT2D eigenvalue weighted by Crippen LogP contribution is 2.34. The van der Waals surface area contributed by atoms with Gasteiger partial charge in [-0.3, -0.25) is 9.89 Å². The molecule has 0 spiro atoms. The molecule has 0 bridgehead atoms. The normalized spacial score (nSPS) is 12.6. The van der Waals surface area contributed by atoms with Crippen LogP contribution in [0.4, 0.5) is 13.2 Å². The molecule has 0 aliphatic heterocycles. The minimum Gasteiger partial charge on any atom is -0.457 e. The molecule has 0 aliphatic rings. The number of carbonyl (C=O) groups is 1. The molecule has 5 aromatic rings. The molecule has 8 heteroatoms. The van der Waals surface area contributed by atoms with Crippen LogP contribution in [0.3, 0.4) is 0 Å². The number of halogens is 3. The van der Waals surface area contributed by atoms with Crippen LogP contribution in [0.1, 0.15) is 34.5 Å². The maximum absolute atomic E-state index is 13.0. The van der Waals surface area contributed by atoms with Crippen molar-refractivity contribution in [2.24, 2.45) is 0 Å². The number of rotatable bonds is 5. The molecule has 176 valence electrons. The zero-order chi connectivity index (χ0) is 24.6. The largest absolute Gasteiger partial charge is 0.457 e. The topological polar surface area (TPSA) is 67.0 Å². The summed E-state index contributed by atoms with van der Waals surface area (Å²) in [5.74, 6) is 0.535. The van der Waals surface area contributed by atoms with Crippen LogP contribution >= 0.6 is 0 Å². The number of aromatic nitrogens is 2. The second-order valence-corrected chi connectivity index (χ2v) is 8.19. The van der Waals surface area contributed by atoms with Crippen LogP contribution in [-0.4, -0.2) is 16.1 Å². The Bertz CT molecular complexity index is 1520. The molecule has 35 heavy (non-hydrogen) atoms. The standard InChI is InChI=1S/C27H20F3N3O2/c1-16(22-6-2-5-19-15-31-33-25(19)22)32-26(34)18-8-13-23-17(14-18)4-3-7-24(23)35-21-11-9-20(10-12-21)27(28,29)30/h2-16H,1H3,(H,31,33)(H,32,34)/t16-/m1/s1. The Balaban J connectivity index is 1.36. The van der Waals surface area contributed by atoms with Gasteiger partial charge in [0.1, 0.15) is 11.5 Å². The smallest absolute Gasteiger partial charge is 0.416 e. The van der Waals surface area contributed by atoms with Crippen molar-refractivity contribution in [3.63, 3.8) is 0 Å². The Morgan fingerprint density at radius 1 is 0.971 bits per heavy atom. The van der Waals surface area contributed by atoms with Gasteiger partial charge in [-0.15, -0.1) is 0 Å². The highest BCUT2D eigenvalue weighted by atomic mass is 19.4. The van der Waals surface area contributed by atoms with Crippen LogP contribution in [0.25, 0.3) is 21.7 Å². The average molecular weight is 475 g/mol. The fourth-order valence-corrected chi connectivity index (χ4v) is 4.03. The molecule has 5 nitrogen and oxygen atoms in total. The van der Waals surface area contributed by atoms with Gasteiger partial charge in [-0.1, -0.05) is 30.3 Å². The number of hydrogen-bond donors (Lipinski definition) is 2. The average Bonchev–Trinajstić information content (AvgIpc) is 3.33. The summed E-state index contributed by atoms with van der Waals surface area (Å²) in [6.07, 6.45) is -2.67. The first-order chi connectivity index (χ1) is 16.8. The molecule has 1 heterocycles. The summed E-state index contributed by atoms with van der Waals surface area (Å²) in [7, 11) is 0. The number of H-pyrrole nitrogens is 1. The van der Waals surface area contributed by atoms with Crippen LogP contribution in [0, 0.1) is 0 Å². The highest BCUT2D eigenvalue weighted by Gasteiger charge is 2.30. The summed E-state index contributed by atoms with van der Waals surface area (Å²) in [5.41, 5.74) is 1.55. The zero-order valence-electron chi connectivity index (χ0n) is 18.6. The molecule has 1 aromatic heterocycles. The van der Waals surface area contributed by atoms with Gasteiger partial charge in [0.15, 0.2) is 0 Å². The first-order valence-corrected chi connectivity index (χ1v) is 10.9. The third-order valence-corrected chi connectivity index (χ3v) is 5.84. The van der Waals surface area contributed by atoms with Crippen LogP contribution in [-0.2, 0) is 6.18 Å². The number of ether oxygens (including phenoxy) is 1. The molecule has 0 unspecified atom stereocenters. The Hall–Kier alpha value is -4.33. The lowest BCUT2D eigenvalue weighted by Crippen LogP contribution is -2.26. The zero-order valence-corrected chi connectivity index (χ0v) is 18.6. The summed E-state index contributed by atoms with van der Waals surface area (Å²) in [5, 5.41) is 12.5. The van der Waals surface area contributed by atoms with Crippen LogP contribution in [0.2, 0.25) is 0 Å². The fraction of sp³-hybridized carbons (Fsp3) is 0.111. The van der Waals surface area contributed by atoms with E-state index in [-0.39, 0.29) is 17.7 Å². The van der Waals surface area contributed by atoms with Crippen molar-refractivity contribution in [3.8, 4) is 11.5 Å². The fourth-order valence-electron chi connectivity index (χ4n) is 4.03. The molecule has 1 amide bonds. The minimum atomic E-state index is -4.41. The summed E-state index contributed by atoms with van der Waals surface area (Å²) >= 11 is 0. The third kappa shape index (κ3) is 4.55.